The van der Waals surface area contributed by atoms with Crippen molar-refractivity contribution in [3.8, 4) is 0 Å². The predicted octanol–water partition coefficient (Wildman–Crippen LogP) is 2.30. The number of carbonyl (C=O) groups excluding carboxylic acids is 2. The van der Waals surface area contributed by atoms with Crippen molar-refractivity contribution >= 4 is 36.0 Å². The van der Waals surface area contributed by atoms with Gasteiger partial charge < -0.3 is 15.5 Å². The lowest BCUT2D eigenvalue weighted by Crippen LogP contribution is -2.37. The first-order chi connectivity index (χ1) is 11.7. The molecular weight excluding hydrogens is 358 g/mol. The average molecular weight is 384 g/mol. The fraction of sp³-hybridized carbons (Fsp3) is 0.556. The maximum Gasteiger partial charge on any atom is 0.252 e. The molecule has 25 heavy (non-hydrogen) atoms. The third kappa shape index (κ3) is 5.62. The molecule has 2 fully saturated rings. The summed E-state index contributed by atoms with van der Waals surface area (Å²) in [5.74, 6) is 0.511. The second kappa shape index (κ2) is 10.0. The first-order valence-corrected chi connectivity index (χ1v) is 9.74. The number of benzene rings is 1. The molecule has 0 spiro atoms. The van der Waals surface area contributed by atoms with Crippen LogP contribution in [0, 0.1) is 0 Å². The molecule has 2 amide bonds. The van der Waals surface area contributed by atoms with E-state index in [9.17, 15) is 9.59 Å². The fourth-order valence-electron chi connectivity index (χ4n) is 3.22. The summed E-state index contributed by atoms with van der Waals surface area (Å²) in [6.45, 7) is 3.43. The average Bonchev–Trinajstić information content (AvgIpc) is 3.31. The number of amides is 2. The van der Waals surface area contributed by atoms with E-state index in [1.807, 2.05) is 29.2 Å². The van der Waals surface area contributed by atoms with Crippen molar-refractivity contribution in [2.75, 3.05) is 31.9 Å². The van der Waals surface area contributed by atoms with E-state index in [2.05, 4.69) is 10.6 Å². The molecule has 2 saturated heterocycles. The van der Waals surface area contributed by atoms with Gasteiger partial charge >= 0.3 is 0 Å². The topological polar surface area (TPSA) is 61.4 Å². The monoisotopic (exact) mass is 383 g/mol. The summed E-state index contributed by atoms with van der Waals surface area (Å²) in [4.78, 5) is 27.5. The molecule has 138 valence electrons. The lowest BCUT2D eigenvalue weighted by atomic mass is 10.2. The lowest BCUT2D eigenvalue weighted by Gasteiger charge is -2.16. The number of halogens is 1. The van der Waals surface area contributed by atoms with Gasteiger partial charge in [0.1, 0.15) is 0 Å². The zero-order valence-electron chi connectivity index (χ0n) is 14.3. The molecule has 2 heterocycles. The highest BCUT2D eigenvalue weighted by molar-refractivity contribution is 8.00. The molecule has 0 bridgehead atoms. The van der Waals surface area contributed by atoms with E-state index in [0.717, 1.165) is 43.8 Å². The molecule has 1 unspecified atom stereocenters. The Hall–Kier alpha value is -1.24. The molecule has 2 N–H and O–H groups in total. The lowest BCUT2D eigenvalue weighted by molar-refractivity contribution is -0.127. The second-order valence-electron chi connectivity index (χ2n) is 6.38. The van der Waals surface area contributed by atoms with Crippen LogP contribution in [0.4, 0.5) is 0 Å². The van der Waals surface area contributed by atoms with E-state index >= 15 is 0 Å². The minimum atomic E-state index is -0.0552. The number of rotatable bonds is 6. The van der Waals surface area contributed by atoms with Crippen LogP contribution in [0.25, 0.3) is 0 Å². The number of thioether (sulfide) groups is 1. The summed E-state index contributed by atoms with van der Waals surface area (Å²) >= 11 is 1.46. The van der Waals surface area contributed by atoms with E-state index in [-0.39, 0.29) is 24.2 Å². The molecule has 1 aromatic carbocycles. The van der Waals surface area contributed by atoms with Crippen LogP contribution in [-0.2, 0) is 4.79 Å². The third-order valence-corrected chi connectivity index (χ3v) is 5.67. The van der Waals surface area contributed by atoms with E-state index in [1.165, 1.54) is 18.2 Å². The first kappa shape index (κ1) is 20.1. The second-order valence-corrected chi connectivity index (χ2v) is 7.39. The standard InChI is InChI=1S/C18H25N3O2S.ClH/c22-17(21-10-3-4-11-21)13-24-16-8-2-1-7-15(16)18(23)20-12-14-6-5-9-19-14;/h1-2,7-8,14,19H,3-6,9-13H2,(H,20,23);1H. The van der Waals surface area contributed by atoms with Crippen LogP contribution < -0.4 is 10.6 Å². The van der Waals surface area contributed by atoms with Crippen LogP contribution in [0.2, 0.25) is 0 Å². The number of hydrogen-bond acceptors (Lipinski definition) is 4. The fourth-order valence-corrected chi connectivity index (χ4v) is 4.17. The van der Waals surface area contributed by atoms with Crippen LogP contribution in [-0.4, -0.2) is 54.7 Å². The zero-order valence-corrected chi connectivity index (χ0v) is 16.0. The maximum absolute atomic E-state index is 12.5. The van der Waals surface area contributed by atoms with Gasteiger partial charge in [0.05, 0.1) is 11.3 Å². The van der Waals surface area contributed by atoms with Crippen molar-refractivity contribution in [1.29, 1.82) is 0 Å². The molecular formula is C18H26ClN3O2S. The van der Waals surface area contributed by atoms with Crippen LogP contribution in [0.15, 0.2) is 29.2 Å². The minimum Gasteiger partial charge on any atom is -0.350 e. The molecule has 0 aromatic heterocycles. The van der Waals surface area contributed by atoms with Gasteiger partial charge in [-0.15, -0.1) is 24.2 Å². The number of carbonyl (C=O) groups is 2. The van der Waals surface area contributed by atoms with E-state index in [0.29, 0.717) is 23.9 Å². The van der Waals surface area contributed by atoms with Gasteiger partial charge in [-0.1, -0.05) is 12.1 Å². The Labute approximate surface area is 159 Å². The van der Waals surface area contributed by atoms with Gasteiger partial charge in [-0.2, -0.15) is 0 Å². The summed E-state index contributed by atoms with van der Waals surface area (Å²) in [5, 5.41) is 6.39. The Morgan fingerprint density at radius 3 is 2.68 bits per heavy atom. The number of nitrogens with zero attached hydrogens (tertiary/aromatic N) is 1. The largest absolute Gasteiger partial charge is 0.350 e. The minimum absolute atomic E-state index is 0. The van der Waals surface area contributed by atoms with Crippen molar-refractivity contribution in [3.63, 3.8) is 0 Å². The summed E-state index contributed by atoms with van der Waals surface area (Å²) in [5.41, 5.74) is 0.662. The molecule has 7 heteroatoms. The normalized spacial score (nSPS) is 19.5. The van der Waals surface area contributed by atoms with Crippen molar-refractivity contribution in [3.05, 3.63) is 29.8 Å². The zero-order chi connectivity index (χ0) is 16.8. The van der Waals surface area contributed by atoms with Crippen LogP contribution in [0.3, 0.4) is 0 Å². The van der Waals surface area contributed by atoms with Crippen molar-refractivity contribution in [2.45, 2.75) is 36.6 Å². The number of nitrogens with one attached hydrogen (secondary N) is 2. The number of likely N-dealkylation sites (tertiary alicyclic amines) is 1. The van der Waals surface area contributed by atoms with Gasteiger partial charge in [-0.05, 0) is 44.4 Å². The van der Waals surface area contributed by atoms with Gasteiger partial charge in [0, 0.05) is 30.6 Å². The van der Waals surface area contributed by atoms with E-state index in [1.54, 1.807) is 0 Å². The highest BCUT2D eigenvalue weighted by atomic mass is 35.5. The Kier molecular flexibility index (Phi) is 8.06. The van der Waals surface area contributed by atoms with E-state index < -0.39 is 0 Å². The molecule has 0 saturated carbocycles. The van der Waals surface area contributed by atoms with Gasteiger partial charge in [0.2, 0.25) is 5.91 Å². The Bertz CT molecular complexity index is 587. The highest BCUT2D eigenvalue weighted by Gasteiger charge is 2.20. The molecule has 1 atom stereocenters. The first-order valence-electron chi connectivity index (χ1n) is 8.75. The molecule has 5 nitrogen and oxygen atoms in total. The maximum atomic E-state index is 12.5. The third-order valence-electron chi connectivity index (χ3n) is 4.61. The van der Waals surface area contributed by atoms with Crippen molar-refractivity contribution < 1.29 is 9.59 Å². The molecule has 1 aromatic rings. The number of hydrogen-bond donors (Lipinski definition) is 2. The van der Waals surface area contributed by atoms with Gasteiger partial charge in [-0.3, -0.25) is 9.59 Å². The Balaban J connectivity index is 0.00000225. The van der Waals surface area contributed by atoms with Crippen molar-refractivity contribution in [1.82, 2.24) is 15.5 Å². The summed E-state index contributed by atoms with van der Waals surface area (Å²) in [6, 6.07) is 7.92. The SMILES string of the molecule is Cl.O=C(NCC1CCCN1)c1ccccc1SCC(=O)N1CCCC1. The molecule has 3 rings (SSSR count). The van der Waals surface area contributed by atoms with Gasteiger partial charge in [-0.25, -0.2) is 0 Å². The van der Waals surface area contributed by atoms with Crippen LogP contribution >= 0.6 is 24.2 Å². The Morgan fingerprint density at radius 1 is 1.20 bits per heavy atom. The summed E-state index contributed by atoms with van der Waals surface area (Å²) < 4.78 is 0. The summed E-state index contributed by atoms with van der Waals surface area (Å²) in [7, 11) is 0. The van der Waals surface area contributed by atoms with Crippen LogP contribution in [0.5, 0.6) is 0 Å². The quantitative estimate of drug-likeness (QED) is 0.740. The molecule has 0 radical (unpaired) electrons. The van der Waals surface area contributed by atoms with Crippen LogP contribution in [0.1, 0.15) is 36.0 Å². The smallest absolute Gasteiger partial charge is 0.252 e. The highest BCUT2D eigenvalue weighted by Crippen LogP contribution is 2.23. The molecule has 2 aliphatic heterocycles. The van der Waals surface area contributed by atoms with E-state index in [4.69, 9.17) is 0 Å². The predicted molar refractivity (Wildman–Crippen MR) is 104 cm³/mol. The molecule has 2 aliphatic rings. The van der Waals surface area contributed by atoms with Gasteiger partial charge in [0.25, 0.3) is 5.91 Å². The van der Waals surface area contributed by atoms with Crippen molar-refractivity contribution in [2.24, 2.45) is 0 Å². The Morgan fingerprint density at radius 2 is 1.96 bits per heavy atom. The molecule has 0 aliphatic carbocycles. The van der Waals surface area contributed by atoms with Gasteiger partial charge in [0.15, 0.2) is 0 Å². The summed E-state index contributed by atoms with van der Waals surface area (Å²) in [6.07, 6.45) is 4.49.